The lowest BCUT2D eigenvalue weighted by atomic mass is 9.99. The van der Waals surface area contributed by atoms with E-state index in [2.05, 4.69) is 12.6 Å². The highest BCUT2D eigenvalue weighted by atomic mass is 32.1. The Bertz CT molecular complexity index is 495. The van der Waals surface area contributed by atoms with E-state index in [0.717, 1.165) is 11.3 Å². The summed E-state index contributed by atoms with van der Waals surface area (Å²) in [4.78, 5) is 16.0. The van der Waals surface area contributed by atoms with E-state index in [9.17, 15) is 4.79 Å². The predicted octanol–water partition coefficient (Wildman–Crippen LogP) is 2.56. The number of nitrogens with two attached hydrogens (primary N) is 1. The minimum absolute atomic E-state index is 0.188. The van der Waals surface area contributed by atoms with Crippen LogP contribution in [0.15, 0.2) is 42.3 Å². The molecule has 1 aliphatic carbocycles. The van der Waals surface area contributed by atoms with Crippen molar-refractivity contribution in [3.63, 3.8) is 0 Å². The van der Waals surface area contributed by atoms with Crippen molar-refractivity contribution >= 4 is 17.2 Å². The van der Waals surface area contributed by atoms with Crippen LogP contribution in [0.5, 0.6) is 0 Å². The van der Waals surface area contributed by atoms with E-state index < -0.39 is 0 Å². The summed E-state index contributed by atoms with van der Waals surface area (Å²) >= 11 is 1.65. The van der Waals surface area contributed by atoms with E-state index in [1.807, 2.05) is 35.4 Å². The Morgan fingerprint density at radius 1 is 1.65 bits per heavy atom. The van der Waals surface area contributed by atoms with E-state index in [-0.39, 0.29) is 17.2 Å². The number of amides is 1. The summed E-state index contributed by atoms with van der Waals surface area (Å²) in [5.74, 6) is 0.458. The van der Waals surface area contributed by atoms with Gasteiger partial charge in [-0.1, -0.05) is 24.3 Å². The first-order chi connectivity index (χ1) is 9.70. The number of thiophene rings is 1. The highest BCUT2D eigenvalue weighted by Crippen LogP contribution is 2.56. The zero-order valence-electron chi connectivity index (χ0n) is 11.9. The second kappa shape index (κ2) is 6.37. The van der Waals surface area contributed by atoms with Gasteiger partial charge in [0.1, 0.15) is 0 Å². The fourth-order valence-corrected chi connectivity index (χ4v) is 3.74. The largest absolute Gasteiger partial charge is 0.334 e. The van der Waals surface area contributed by atoms with Gasteiger partial charge in [0.15, 0.2) is 0 Å². The minimum Gasteiger partial charge on any atom is -0.334 e. The quantitative estimate of drug-likeness (QED) is 0.785. The summed E-state index contributed by atoms with van der Waals surface area (Å²) in [7, 11) is 0. The molecule has 0 unspecified atom stereocenters. The monoisotopic (exact) mass is 290 g/mol. The van der Waals surface area contributed by atoms with Gasteiger partial charge in [0.25, 0.3) is 0 Å². The number of carbonyl (C=O) groups excluding carboxylic acids is 1. The van der Waals surface area contributed by atoms with Gasteiger partial charge in [-0.2, -0.15) is 0 Å². The number of allylic oxidation sites excluding steroid dienone is 1. The highest BCUT2D eigenvalue weighted by Gasteiger charge is 2.61. The molecule has 3 nitrogen and oxygen atoms in total. The summed E-state index contributed by atoms with van der Waals surface area (Å²) in [5, 5.41) is 2.03. The topological polar surface area (TPSA) is 46.3 Å². The third-order valence-corrected chi connectivity index (χ3v) is 4.98. The lowest BCUT2D eigenvalue weighted by Gasteiger charge is -2.26. The zero-order valence-corrected chi connectivity index (χ0v) is 12.7. The van der Waals surface area contributed by atoms with Crippen molar-refractivity contribution in [3.8, 4) is 0 Å². The molecule has 1 heterocycles. The maximum absolute atomic E-state index is 13.0. The van der Waals surface area contributed by atoms with E-state index in [1.165, 1.54) is 0 Å². The molecular formula is C16H22N2OS. The Labute approximate surface area is 124 Å². The zero-order chi connectivity index (χ0) is 14.6. The first-order valence-corrected chi connectivity index (χ1v) is 7.84. The Kier molecular flexibility index (Phi) is 4.78. The van der Waals surface area contributed by atoms with Crippen LogP contribution < -0.4 is 5.73 Å². The summed E-state index contributed by atoms with van der Waals surface area (Å²) in [5.41, 5.74) is 5.45. The van der Waals surface area contributed by atoms with Gasteiger partial charge in [-0.05, 0) is 37.3 Å². The molecule has 0 bridgehead atoms. The first kappa shape index (κ1) is 15.0. The summed E-state index contributed by atoms with van der Waals surface area (Å²) in [6.07, 6.45) is 6.62. The molecule has 1 aromatic heterocycles. The van der Waals surface area contributed by atoms with Gasteiger partial charge in [-0.3, -0.25) is 4.79 Å². The Morgan fingerprint density at radius 3 is 2.95 bits per heavy atom. The molecule has 2 rings (SSSR count). The van der Waals surface area contributed by atoms with Crippen LogP contribution in [0.1, 0.15) is 18.2 Å². The van der Waals surface area contributed by atoms with Gasteiger partial charge < -0.3 is 10.6 Å². The summed E-state index contributed by atoms with van der Waals surface area (Å²) in [6.45, 7) is 7.49. The van der Waals surface area contributed by atoms with Crippen molar-refractivity contribution in [1.82, 2.24) is 4.90 Å². The molecule has 1 aliphatic rings. The van der Waals surface area contributed by atoms with E-state index >= 15 is 0 Å². The average molecular weight is 290 g/mol. The normalized spacial score (nSPS) is 24.8. The third kappa shape index (κ3) is 2.58. The van der Waals surface area contributed by atoms with E-state index in [4.69, 9.17) is 5.73 Å². The van der Waals surface area contributed by atoms with Crippen molar-refractivity contribution in [2.45, 2.75) is 18.8 Å². The number of rotatable bonds is 7. The van der Waals surface area contributed by atoms with Gasteiger partial charge >= 0.3 is 0 Å². The lowest BCUT2D eigenvalue weighted by molar-refractivity contribution is -0.133. The molecule has 0 radical (unpaired) electrons. The van der Waals surface area contributed by atoms with Crippen molar-refractivity contribution < 1.29 is 4.79 Å². The maximum atomic E-state index is 13.0. The third-order valence-electron chi connectivity index (χ3n) is 3.93. The smallest absolute Gasteiger partial charge is 0.234 e. The van der Waals surface area contributed by atoms with Crippen molar-refractivity contribution in [2.24, 2.45) is 11.7 Å². The lowest BCUT2D eigenvalue weighted by Crippen LogP contribution is -2.41. The Hall–Kier alpha value is -1.39. The molecule has 1 fully saturated rings. The number of hydrogen-bond donors (Lipinski definition) is 1. The van der Waals surface area contributed by atoms with E-state index in [1.54, 1.807) is 17.4 Å². The molecule has 0 aromatic carbocycles. The van der Waals surface area contributed by atoms with Gasteiger partial charge in [0.05, 0.1) is 5.41 Å². The first-order valence-electron chi connectivity index (χ1n) is 6.96. The highest BCUT2D eigenvalue weighted by molar-refractivity contribution is 7.10. The molecule has 1 saturated carbocycles. The van der Waals surface area contributed by atoms with Crippen LogP contribution in [-0.4, -0.2) is 30.4 Å². The number of carbonyl (C=O) groups is 1. The molecule has 1 aromatic rings. The molecule has 0 saturated heterocycles. The fraction of sp³-hybridized carbons (Fsp3) is 0.438. The minimum atomic E-state index is -0.381. The molecule has 2 N–H and O–H groups in total. The van der Waals surface area contributed by atoms with Crippen LogP contribution in [0.2, 0.25) is 0 Å². The molecule has 1 amide bonds. The SMILES string of the molecule is C=CCN(CC=CC)C(=O)[C@@]1(c2cccs2)C[C@H]1CN. The standard InChI is InChI=1S/C16H22N2OS/c1-3-5-9-18(8-4-2)15(19)16(11-13(16)12-17)14-7-6-10-20-14/h3-7,10,13H,2,8-9,11-12,17H2,1H3/t13-,16-/m0/s1. The van der Waals surface area contributed by atoms with E-state index in [0.29, 0.717) is 19.6 Å². The van der Waals surface area contributed by atoms with Crippen LogP contribution >= 0.6 is 11.3 Å². The predicted molar refractivity (Wildman–Crippen MR) is 84.7 cm³/mol. The summed E-state index contributed by atoms with van der Waals surface area (Å²) < 4.78 is 0. The van der Waals surface area contributed by atoms with Crippen LogP contribution in [0.25, 0.3) is 0 Å². The van der Waals surface area contributed by atoms with Crippen LogP contribution in [0.4, 0.5) is 0 Å². The second-order valence-electron chi connectivity index (χ2n) is 5.15. The van der Waals surface area contributed by atoms with Crippen LogP contribution in [-0.2, 0) is 10.2 Å². The van der Waals surface area contributed by atoms with Crippen molar-refractivity contribution in [3.05, 3.63) is 47.2 Å². The summed E-state index contributed by atoms with van der Waals surface area (Å²) in [6, 6.07) is 4.06. The fourth-order valence-electron chi connectivity index (χ4n) is 2.73. The molecule has 20 heavy (non-hydrogen) atoms. The number of nitrogens with zero attached hydrogens (tertiary/aromatic N) is 1. The van der Waals surface area contributed by atoms with Crippen LogP contribution in [0.3, 0.4) is 0 Å². The van der Waals surface area contributed by atoms with Crippen LogP contribution in [0, 0.1) is 5.92 Å². The second-order valence-corrected chi connectivity index (χ2v) is 6.10. The molecule has 0 aliphatic heterocycles. The molecular weight excluding hydrogens is 268 g/mol. The van der Waals surface area contributed by atoms with Crippen molar-refractivity contribution in [2.75, 3.05) is 19.6 Å². The maximum Gasteiger partial charge on any atom is 0.234 e. The Balaban J connectivity index is 2.25. The van der Waals surface area contributed by atoms with Gasteiger partial charge in [0.2, 0.25) is 5.91 Å². The van der Waals surface area contributed by atoms with Gasteiger partial charge in [0, 0.05) is 18.0 Å². The Morgan fingerprint density at radius 2 is 2.45 bits per heavy atom. The number of hydrogen-bond acceptors (Lipinski definition) is 3. The van der Waals surface area contributed by atoms with Crippen molar-refractivity contribution in [1.29, 1.82) is 0 Å². The van der Waals surface area contributed by atoms with Gasteiger partial charge in [-0.25, -0.2) is 0 Å². The average Bonchev–Trinajstić information content (AvgIpc) is 2.95. The van der Waals surface area contributed by atoms with Gasteiger partial charge in [-0.15, -0.1) is 17.9 Å². The molecule has 4 heteroatoms. The molecule has 2 atom stereocenters. The molecule has 0 spiro atoms. The molecule has 108 valence electrons.